The summed E-state index contributed by atoms with van der Waals surface area (Å²) in [5.41, 5.74) is -1.41. The lowest BCUT2D eigenvalue weighted by Gasteiger charge is -2.36. The molecule has 26 heavy (non-hydrogen) atoms. The van der Waals surface area contributed by atoms with Gasteiger partial charge in [0.1, 0.15) is 4.33 Å². The van der Waals surface area contributed by atoms with Crippen molar-refractivity contribution >= 4 is 35.0 Å². The van der Waals surface area contributed by atoms with Gasteiger partial charge in [0.15, 0.2) is 0 Å². The summed E-state index contributed by atoms with van der Waals surface area (Å²) in [6.45, 7) is 3.00. The van der Waals surface area contributed by atoms with E-state index in [-0.39, 0.29) is 17.4 Å². The van der Waals surface area contributed by atoms with Gasteiger partial charge in [-0.05, 0) is 37.6 Å². The summed E-state index contributed by atoms with van der Waals surface area (Å²) in [4.78, 5) is 28.1. The zero-order valence-corrected chi connectivity index (χ0v) is 15.5. The summed E-state index contributed by atoms with van der Waals surface area (Å²) in [6, 6.07) is 4.12. The van der Waals surface area contributed by atoms with Crippen LogP contribution in [0.25, 0.3) is 0 Å². The molecule has 9 heteroatoms. The largest absolute Gasteiger partial charge is 0.416 e. The minimum atomic E-state index is -4.44. The molecule has 2 aliphatic rings. The van der Waals surface area contributed by atoms with Crippen molar-refractivity contribution in [2.45, 2.75) is 23.9 Å². The van der Waals surface area contributed by atoms with E-state index in [9.17, 15) is 22.8 Å². The molecule has 1 saturated heterocycles. The zero-order chi connectivity index (χ0) is 19.3. The van der Waals surface area contributed by atoms with E-state index in [1.54, 1.807) is 11.8 Å². The lowest BCUT2D eigenvalue weighted by molar-refractivity contribution is -0.138. The highest BCUT2D eigenvalue weighted by atomic mass is 35.5. The third-order valence-electron chi connectivity index (χ3n) is 5.04. The minimum absolute atomic E-state index is 0.135. The fraction of sp³-hybridized carbons (Fsp3) is 0.529. The number of rotatable bonds is 2. The van der Waals surface area contributed by atoms with E-state index < -0.39 is 21.5 Å². The molecule has 1 heterocycles. The Morgan fingerprint density at radius 1 is 1.00 bits per heavy atom. The van der Waals surface area contributed by atoms with Crippen molar-refractivity contribution in [1.82, 2.24) is 9.80 Å². The third-order valence-corrected chi connectivity index (χ3v) is 6.14. The van der Waals surface area contributed by atoms with Gasteiger partial charge in [0.2, 0.25) is 5.91 Å². The van der Waals surface area contributed by atoms with E-state index in [0.717, 1.165) is 12.1 Å². The number of piperazine rings is 1. The highest BCUT2D eigenvalue weighted by Gasteiger charge is 2.68. The molecule has 142 valence electrons. The van der Waals surface area contributed by atoms with Crippen LogP contribution < -0.4 is 0 Å². The SMILES string of the molecule is CC1(C(=O)N2CCN(C(=O)c3ccc(C(F)(F)F)cc3)CC2)CC1(Cl)Cl. The number of nitrogens with zero attached hydrogens (tertiary/aromatic N) is 2. The van der Waals surface area contributed by atoms with Gasteiger partial charge in [-0.25, -0.2) is 0 Å². The Morgan fingerprint density at radius 2 is 1.46 bits per heavy atom. The maximum absolute atomic E-state index is 12.6. The first-order valence-corrected chi connectivity index (χ1v) is 8.85. The average molecular weight is 409 g/mol. The first-order valence-electron chi connectivity index (χ1n) is 8.09. The maximum Gasteiger partial charge on any atom is 0.416 e. The van der Waals surface area contributed by atoms with Gasteiger partial charge in [-0.15, -0.1) is 23.2 Å². The number of benzene rings is 1. The molecular weight excluding hydrogens is 392 g/mol. The van der Waals surface area contributed by atoms with Crippen LogP contribution in [0.2, 0.25) is 0 Å². The van der Waals surface area contributed by atoms with Crippen LogP contribution in [0.15, 0.2) is 24.3 Å². The first kappa shape index (κ1) is 19.3. The van der Waals surface area contributed by atoms with E-state index in [2.05, 4.69) is 0 Å². The molecule has 1 saturated carbocycles. The average Bonchev–Trinajstić information content (AvgIpc) is 3.12. The van der Waals surface area contributed by atoms with E-state index in [1.165, 1.54) is 17.0 Å². The van der Waals surface area contributed by atoms with Crippen molar-refractivity contribution < 1.29 is 22.8 Å². The number of hydrogen-bond donors (Lipinski definition) is 0. The first-order chi connectivity index (χ1) is 12.0. The highest BCUT2D eigenvalue weighted by Crippen LogP contribution is 2.64. The van der Waals surface area contributed by atoms with E-state index >= 15 is 0 Å². The van der Waals surface area contributed by atoms with Crippen molar-refractivity contribution in [3.05, 3.63) is 35.4 Å². The van der Waals surface area contributed by atoms with Crippen LogP contribution in [0.1, 0.15) is 29.3 Å². The Hall–Kier alpha value is -1.47. The molecule has 1 aliphatic carbocycles. The van der Waals surface area contributed by atoms with Gasteiger partial charge in [-0.3, -0.25) is 9.59 Å². The molecule has 0 spiro atoms. The molecule has 1 aromatic carbocycles. The molecule has 0 bridgehead atoms. The second kappa shape index (κ2) is 6.30. The summed E-state index contributed by atoms with van der Waals surface area (Å²) in [5, 5.41) is 0. The Balaban J connectivity index is 1.60. The Morgan fingerprint density at radius 3 is 1.88 bits per heavy atom. The molecule has 0 N–H and O–H groups in total. The van der Waals surface area contributed by atoms with Gasteiger partial charge in [-0.2, -0.15) is 13.2 Å². The lowest BCUT2D eigenvalue weighted by Crippen LogP contribution is -2.52. The molecule has 2 amide bonds. The van der Waals surface area contributed by atoms with Gasteiger partial charge in [-0.1, -0.05) is 0 Å². The summed E-state index contributed by atoms with van der Waals surface area (Å²) in [6.07, 6.45) is -4.04. The third kappa shape index (κ3) is 3.39. The second-order valence-corrected chi connectivity index (χ2v) is 8.36. The number of carbonyl (C=O) groups is 2. The summed E-state index contributed by atoms with van der Waals surface area (Å²) in [5.74, 6) is -0.489. The summed E-state index contributed by atoms with van der Waals surface area (Å²) in [7, 11) is 0. The second-order valence-electron chi connectivity index (χ2n) is 6.87. The predicted molar refractivity (Wildman–Crippen MR) is 91.1 cm³/mol. The fourth-order valence-electron chi connectivity index (χ4n) is 3.08. The van der Waals surface area contributed by atoms with Gasteiger partial charge < -0.3 is 9.80 Å². The van der Waals surface area contributed by atoms with Crippen molar-refractivity contribution in [3.8, 4) is 0 Å². The van der Waals surface area contributed by atoms with Crippen LogP contribution in [-0.2, 0) is 11.0 Å². The summed E-state index contributed by atoms with van der Waals surface area (Å²) < 4.78 is 36.8. The van der Waals surface area contributed by atoms with Crippen LogP contribution in [0, 0.1) is 5.41 Å². The standard InChI is InChI=1S/C17H17Cl2F3N2O2/c1-15(10-16(15,18)19)14(26)24-8-6-23(7-9-24)13(25)11-2-4-12(5-3-11)17(20,21)22/h2-5H,6-10H2,1H3. The molecule has 0 radical (unpaired) electrons. The van der Waals surface area contributed by atoms with Crippen molar-refractivity contribution in [2.24, 2.45) is 5.41 Å². The molecule has 3 rings (SSSR count). The Bertz CT molecular complexity index is 729. The van der Waals surface area contributed by atoms with Crippen molar-refractivity contribution in [2.75, 3.05) is 26.2 Å². The number of carbonyl (C=O) groups excluding carboxylic acids is 2. The molecule has 0 aromatic heterocycles. The van der Waals surface area contributed by atoms with Crippen molar-refractivity contribution in [1.29, 1.82) is 0 Å². The topological polar surface area (TPSA) is 40.6 Å². The lowest BCUT2D eigenvalue weighted by atomic mass is 10.1. The number of alkyl halides is 5. The quantitative estimate of drug-likeness (QED) is 0.701. The van der Waals surface area contributed by atoms with Gasteiger partial charge in [0.05, 0.1) is 11.0 Å². The number of hydrogen-bond acceptors (Lipinski definition) is 2. The number of amides is 2. The fourth-order valence-corrected chi connectivity index (χ4v) is 3.77. The normalized spacial score (nSPS) is 25.2. The van der Waals surface area contributed by atoms with Crippen LogP contribution in [0.5, 0.6) is 0 Å². The van der Waals surface area contributed by atoms with Gasteiger partial charge in [0.25, 0.3) is 5.91 Å². The Kier molecular flexibility index (Phi) is 4.68. The van der Waals surface area contributed by atoms with Crippen LogP contribution in [-0.4, -0.2) is 52.1 Å². The van der Waals surface area contributed by atoms with E-state index in [0.29, 0.717) is 32.6 Å². The maximum atomic E-state index is 12.6. The smallest absolute Gasteiger partial charge is 0.339 e. The predicted octanol–water partition coefficient (Wildman–Crippen LogP) is 3.57. The molecule has 2 fully saturated rings. The molecule has 4 nitrogen and oxygen atoms in total. The van der Waals surface area contributed by atoms with Gasteiger partial charge in [0, 0.05) is 31.7 Å². The van der Waals surface area contributed by atoms with Crippen molar-refractivity contribution in [3.63, 3.8) is 0 Å². The van der Waals surface area contributed by atoms with Crippen LogP contribution >= 0.6 is 23.2 Å². The van der Waals surface area contributed by atoms with E-state index in [1.807, 2.05) is 0 Å². The van der Waals surface area contributed by atoms with Crippen LogP contribution in [0.4, 0.5) is 13.2 Å². The summed E-state index contributed by atoms with van der Waals surface area (Å²) >= 11 is 12.1. The molecule has 1 unspecified atom stereocenters. The van der Waals surface area contributed by atoms with E-state index in [4.69, 9.17) is 23.2 Å². The zero-order valence-electron chi connectivity index (χ0n) is 13.9. The molecule has 1 atom stereocenters. The number of halogens is 5. The molecule has 1 aromatic rings. The van der Waals surface area contributed by atoms with Crippen LogP contribution in [0.3, 0.4) is 0 Å². The molecular formula is C17H17Cl2F3N2O2. The monoisotopic (exact) mass is 408 g/mol. The minimum Gasteiger partial charge on any atom is -0.339 e. The van der Waals surface area contributed by atoms with Gasteiger partial charge >= 0.3 is 6.18 Å². The Labute approximate surface area is 158 Å². The highest BCUT2D eigenvalue weighted by molar-refractivity contribution is 6.53. The molecule has 1 aliphatic heterocycles.